The quantitative estimate of drug-likeness (QED) is 0.522. The summed E-state index contributed by atoms with van der Waals surface area (Å²) in [6, 6.07) is 0. The number of terminal acetylenes is 1. The molecule has 1 heteroatoms. The lowest BCUT2D eigenvalue weighted by Gasteiger charge is -2.22. The Balaban J connectivity index is 2.56. The monoisotopic (exact) mass is 150 g/mol. The van der Waals surface area contributed by atoms with Crippen LogP contribution in [0.2, 0.25) is 0 Å². The summed E-state index contributed by atoms with van der Waals surface area (Å²) in [5.41, 5.74) is 0. The summed E-state index contributed by atoms with van der Waals surface area (Å²) >= 11 is 0. The van der Waals surface area contributed by atoms with Gasteiger partial charge in [-0.2, -0.15) is 0 Å². The number of hydrogen-bond acceptors (Lipinski definition) is 1. The molecular formula is C10H14O. The Morgan fingerprint density at radius 2 is 2.36 bits per heavy atom. The third-order valence-electron chi connectivity index (χ3n) is 2.47. The summed E-state index contributed by atoms with van der Waals surface area (Å²) in [6.45, 7) is 1.97. The zero-order valence-electron chi connectivity index (χ0n) is 6.97. The van der Waals surface area contributed by atoms with Crippen LogP contribution in [-0.2, 0) is 4.79 Å². The molecule has 60 valence electrons. The van der Waals surface area contributed by atoms with E-state index in [1.807, 2.05) is 6.92 Å². The molecule has 0 aromatic carbocycles. The highest BCUT2D eigenvalue weighted by molar-refractivity contribution is 5.82. The van der Waals surface area contributed by atoms with Gasteiger partial charge >= 0.3 is 0 Å². The Hall–Kier alpha value is -0.770. The predicted octanol–water partition coefficient (Wildman–Crippen LogP) is 2.01. The van der Waals surface area contributed by atoms with Crippen LogP contribution in [0.15, 0.2) is 0 Å². The zero-order chi connectivity index (χ0) is 8.27. The molecule has 0 heterocycles. The average Bonchev–Trinajstić information content (AvgIpc) is 2.04. The summed E-state index contributed by atoms with van der Waals surface area (Å²) in [7, 11) is 0. The van der Waals surface area contributed by atoms with Crippen molar-refractivity contribution in [3.05, 3.63) is 0 Å². The fourth-order valence-corrected chi connectivity index (χ4v) is 1.65. The lowest BCUT2D eigenvalue weighted by atomic mass is 9.80. The van der Waals surface area contributed by atoms with E-state index in [2.05, 4.69) is 5.92 Å². The smallest absolute Gasteiger partial charge is 0.137 e. The van der Waals surface area contributed by atoms with Crippen LogP contribution < -0.4 is 0 Å². The lowest BCUT2D eigenvalue weighted by molar-refractivity contribution is -0.125. The van der Waals surface area contributed by atoms with Crippen LogP contribution in [0.1, 0.15) is 32.6 Å². The molecule has 2 unspecified atom stereocenters. The molecule has 0 saturated heterocycles. The molecule has 0 amide bonds. The Morgan fingerprint density at radius 1 is 1.64 bits per heavy atom. The van der Waals surface area contributed by atoms with Gasteiger partial charge in [-0.3, -0.25) is 4.79 Å². The molecule has 0 aromatic rings. The summed E-state index contributed by atoms with van der Waals surface area (Å²) in [5, 5.41) is 0. The van der Waals surface area contributed by atoms with E-state index in [1.165, 1.54) is 6.42 Å². The minimum Gasteiger partial charge on any atom is -0.299 e. The molecule has 0 aliphatic heterocycles. The van der Waals surface area contributed by atoms with E-state index in [1.54, 1.807) is 0 Å². The minimum atomic E-state index is 0.141. The molecule has 1 nitrogen and oxygen atoms in total. The second-order valence-electron chi connectivity index (χ2n) is 3.27. The molecule has 1 aliphatic carbocycles. The number of Topliss-reactive ketones (excluding diaryl/α,β-unsaturated/α-hetero) is 1. The van der Waals surface area contributed by atoms with Crippen molar-refractivity contribution in [1.82, 2.24) is 0 Å². The topological polar surface area (TPSA) is 17.1 Å². The van der Waals surface area contributed by atoms with Crippen LogP contribution in [-0.4, -0.2) is 5.78 Å². The van der Waals surface area contributed by atoms with Crippen molar-refractivity contribution in [2.75, 3.05) is 0 Å². The van der Waals surface area contributed by atoms with Crippen molar-refractivity contribution in [2.24, 2.45) is 11.8 Å². The van der Waals surface area contributed by atoms with Crippen molar-refractivity contribution in [2.45, 2.75) is 32.6 Å². The van der Waals surface area contributed by atoms with Crippen LogP contribution in [0.25, 0.3) is 0 Å². The molecule has 0 spiro atoms. The third-order valence-corrected chi connectivity index (χ3v) is 2.47. The van der Waals surface area contributed by atoms with Gasteiger partial charge in [0.25, 0.3) is 0 Å². The van der Waals surface area contributed by atoms with E-state index < -0.39 is 0 Å². The Morgan fingerprint density at radius 3 is 2.91 bits per heavy atom. The van der Waals surface area contributed by atoms with E-state index in [4.69, 9.17) is 6.42 Å². The summed E-state index contributed by atoms with van der Waals surface area (Å²) in [6.07, 6.45) is 9.24. The van der Waals surface area contributed by atoms with Gasteiger partial charge in [-0.1, -0.05) is 13.3 Å². The molecule has 1 saturated carbocycles. The van der Waals surface area contributed by atoms with Crippen LogP contribution in [0.5, 0.6) is 0 Å². The number of carbonyl (C=O) groups is 1. The molecule has 0 N–H and O–H groups in total. The van der Waals surface area contributed by atoms with E-state index in [9.17, 15) is 4.79 Å². The maximum absolute atomic E-state index is 11.3. The summed E-state index contributed by atoms with van der Waals surface area (Å²) < 4.78 is 0. The van der Waals surface area contributed by atoms with Gasteiger partial charge in [0.05, 0.1) is 0 Å². The highest BCUT2D eigenvalue weighted by atomic mass is 16.1. The zero-order valence-corrected chi connectivity index (χ0v) is 6.97. The second kappa shape index (κ2) is 3.57. The van der Waals surface area contributed by atoms with E-state index in [0.717, 1.165) is 19.3 Å². The first-order chi connectivity index (χ1) is 5.25. The average molecular weight is 150 g/mol. The maximum atomic E-state index is 11.3. The van der Waals surface area contributed by atoms with E-state index >= 15 is 0 Å². The highest BCUT2D eigenvalue weighted by Gasteiger charge is 2.25. The Kier molecular flexibility index (Phi) is 2.70. The molecule has 2 atom stereocenters. The standard InChI is InChI=1S/C10H14O/c1-3-8(2)9-6-4-5-7-10(9)11/h1,8-9H,4-7H2,2H3. The predicted molar refractivity (Wildman–Crippen MR) is 45.0 cm³/mol. The highest BCUT2D eigenvalue weighted by Crippen LogP contribution is 2.26. The molecule has 0 aromatic heterocycles. The van der Waals surface area contributed by atoms with Crippen LogP contribution in [0.3, 0.4) is 0 Å². The van der Waals surface area contributed by atoms with Gasteiger partial charge in [0.1, 0.15) is 5.78 Å². The van der Waals surface area contributed by atoms with Gasteiger partial charge in [-0.15, -0.1) is 12.3 Å². The van der Waals surface area contributed by atoms with Crippen molar-refractivity contribution >= 4 is 5.78 Å². The summed E-state index contributed by atoms with van der Waals surface area (Å²) in [5.74, 6) is 3.32. The van der Waals surface area contributed by atoms with Crippen molar-refractivity contribution in [3.63, 3.8) is 0 Å². The molecule has 1 rings (SSSR count). The molecule has 0 bridgehead atoms. The van der Waals surface area contributed by atoms with Crippen molar-refractivity contribution in [3.8, 4) is 12.3 Å². The molecule has 1 fully saturated rings. The lowest BCUT2D eigenvalue weighted by Crippen LogP contribution is -2.24. The van der Waals surface area contributed by atoms with Crippen LogP contribution in [0.4, 0.5) is 0 Å². The Bertz CT molecular complexity index is 188. The van der Waals surface area contributed by atoms with Crippen LogP contribution in [0, 0.1) is 24.2 Å². The maximum Gasteiger partial charge on any atom is 0.137 e. The first-order valence-corrected chi connectivity index (χ1v) is 4.24. The van der Waals surface area contributed by atoms with Gasteiger partial charge in [-0.05, 0) is 12.8 Å². The third kappa shape index (κ3) is 1.83. The van der Waals surface area contributed by atoms with Crippen molar-refractivity contribution in [1.29, 1.82) is 0 Å². The van der Waals surface area contributed by atoms with Gasteiger partial charge in [0.15, 0.2) is 0 Å². The first-order valence-electron chi connectivity index (χ1n) is 4.24. The molecule has 11 heavy (non-hydrogen) atoms. The normalized spacial score (nSPS) is 27.6. The van der Waals surface area contributed by atoms with Crippen molar-refractivity contribution < 1.29 is 4.79 Å². The molecule has 0 radical (unpaired) electrons. The Labute approximate surface area is 68.2 Å². The molecule has 1 aliphatic rings. The number of rotatable bonds is 1. The van der Waals surface area contributed by atoms with E-state index in [-0.39, 0.29) is 11.8 Å². The van der Waals surface area contributed by atoms with Gasteiger partial charge in [0, 0.05) is 18.3 Å². The number of hydrogen-bond donors (Lipinski definition) is 0. The first kappa shape index (κ1) is 8.33. The van der Waals surface area contributed by atoms with Gasteiger partial charge in [0.2, 0.25) is 0 Å². The summed E-state index contributed by atoms with van der Waals surface area (Å²) in [4.78, 5) is 11.3. The molecular weight excluding hydrogens is 136 g/mol. The van der Waals surface area contributed by atoms with E-state index in [0.29, 0.717) is 5.78 Å². The van der Waals surface area contributed by atoms with Gasteiger partial charge in [-0.25, -0.2) is 0 Å². The minimum absolute atomic E-state index is 0.141. The fraction of sp³-hybridized carbons (Fsp3) is 0.700. The van der Waals surface area contributed by atoms with Gasteiger partial charge < -0.3 is 0 Å². The SMILES string of the molecule is C#CC(C)C1CCCCC1=O. The largest absolute Gasteiger partial charge is 0.299 e. The number of carbonyl (C=O) groups excluding carboxylic acids is 1. The number of ketones is 1. The fourth-order valence-electron chi connectivity index (χ4n) is 1.65. The second-order valence-corrected chi connectivity index (χ2v) is 3.27. The van der Waals surface area contributed by atoms with Crippen LogP contribution >= 0.6 is 0 Å².